The van der Waals surface area contributed by atoms with E-state index in [4.69, 9.17) is 4.74 Å². The molecule has 2 aromatic rings. The van der Waals surface area contributed by atoms with Crippen LogP contribution in [0.25, 0.3) is 0 Å². The van der Waals surface area contributed by atoms with E-state index in [2.05, 4.69) is 25.9 Å². The molecule has 0 bridgehead atoms. The maximum atomic E-state index is 13.5. The first-order chi connectivity index (χ1) is 8.97. The van der Waals surface area contributed by atoms with Gasteiger partial charge < -0.3 is 4.74 Å². The summed E-state index contributed by atoms with van der Waals surface area (Å²) in [5.41, 5.74) is 0. The lowest BCUT2D eigenvalue weighted by Gasteiger charge is -2.09. The molecule has 100 valence electrons. The highest BCUT2D eigenvalue weighted by Gasteiger charge is 2.12. The van der Waals surface area contributed by atoms with E-state index in [-0.39, 0.29) is 17.5 Å². The zero-order valence-corrected chi connectivity index (χ0v) is 11.9. The van der Waals surface area contributed by atoms with Gasteiger partial charge in [0.2, 0.25) is 11.7 Å². The van der Waals surface area contributed by atoms with E-state index in [1.54, 1.807) is 0 Å². The molecule has 3 nitrogen and oxygen atoms in total. The fourth-order valence-corrected chi connectivity index (χ4v) is 1.78. The van der Waals surface area contributed by atoms with Gasteiger partial charge in [-0.3, -0.25) is 0 Å². The predicted molar refractivity (Wildman–Crippen MR) is 70.3 cm³/mol. The standard InChI is InChI=1S/C13H11BrF2N2O/c1-7(2)13-17-10(14)6-11(18-13)19-9-5-3-4-8(15)12(9)16/h3-7H,1-2H3. The van der Waals surface area contributed by atoms with Crippen LogP contribution in [-0.4, -0.2) is 9.97 Å². The van der Waals surface area contributed by atoms with Crippen LogP contribution < -0.4 is 4.74 Å². The first-order valence-electron chi connectivity index (χ1n) is 5.63. The van der Waals surface area contributed by atoms with E-state index in [0.29, 0.717) is 10.4 Å². The molecule has 0 amide bonds. The Morgan fingerprint density at radius 1 is 1.21 bits per heavy atom. The fourth-order valence-electron chi connectivity index (χ4n) is 1.40. The number of hydrogen-bond acceptors (Lipinski definition) is 3. The summed E-state index contributed by atoms with van der Waals surface area (Å²) in [5, 5.41) is 0. The summed E-state index contributed by atoms with van der Waals surface area (Å²) in [4.78, 5) is 8.32. The summed E-state index contributed by atoms with van der Waals surface area (Å²) in [6.07, 6.45) is 0. The lowest BCUT2D eigenvalue weighted by Crippen LogP contribution is -2.01. The molecule has 0 spiro atoms. The molecule has 0 atom stereocenters. The second-order valence-corrected chi connectivity index (χ2v) is 5.01. The van der Waals surface area contributed by atoms with Crippen LogP contribution in [0.2, 0.25) is 0 Å². The van der Waals surface area contributed by atoms with Gasteiger partial charge in [0.25, 0.3) is 0 Å². The van der Waals surface area contributed by atoms with E-state index >= 15 is 0 Å². The number of hydrogen-bond donors (Lipinski definition) is 0. The van der Waals surface area contributed by atoms with Crippen LogP contribution in [-0.2, 0) is 0 Å². The minimum absolute atomic E-state index is 0.0946. The van der Waals surface area contributed by atoms with Gasteiger partial charge in [-0.15, -0.1) is 0 Å². The normalized spacial score (nSPS) is 10.8. The van der Waals surface area contributed by atoms with Crippen molar-refractivity contribution in [3.8, 4) is 11.6 Å². The van der Waals surface area contributed by atoms with Crippen molar-refractivity contribution in [2.24, 2.45) is 0 Å². The zero-order valence-electron chi connectivity index (χ0n) is 10.3. The number of benzene rings is 1. The first-order valence-corrected chi connectivity index (χ1v) is 6.43. The molecule has 19 heavy (non-hydrogen) atoms. The van der Waals surface area contributed by atoms with Crippen LogP contribution in [0.15, 0.2) is 28.9 Å². The maximum Gasteiger partial charge on any atom is 0.223 e. The summed E-state index contributed by atoms with van der Waals surface area (Å²) in [6, 6.07) is 5.23. The molecule has 0 unspecified atom stereocenters. The maximum absolute atomic E-state index is 13.5. The van der Waals surface area contributed by atoms with Crippen molar-refractivity contribution >= 4 is 15.9 Å². The second kappa shape index (κ2) is 5.61. The summed E-state index contributed by atoms with van der Waals surface area (Å²) < 4.78 is 32.4. The third-order valence-electron chi connectivity index (χ3n) is 2.34. The molecule has 2 rings (SSSR count). The molecule has 0 saturated carbocycles. The van der Waals surface area contributed by atoms with E-state index in [1.807, 2.05) is 13.8 Å². The van der Waals surface area contributed by atoms with Crippen molar-refractivity contribution in [3.05, 3.63) is 46.3 Å². The second-order valence-electron chi connectivity index (χ2n) is 4.20. The summed E-state index contributed by atoms with van der Waals surface area (Å²) in [7, 11) is 0. The van der Waals surface area contributed by atoms with Crippen molar-refractivity contribution < 1.29 is 13.5 Å². The Morgan fingerprint density at radius 2 is 1.95 bits per heavy atom. The van der Waals surface area contributed by atoms with Crippen LogP contribution in [0.5, 0.6) is 11.6 Å². The van der Waals surface area contributed by atoms with Crippen LogP contribution in [0.3, 0.4) is 0 Å². The Labute approximate surface area is 117 Å². The number of halogens is 3. The van der Waals surface area contributed by atoms with Gasteiger partial charge in [-0.25, -0.2) is 9.37 Å². The molecular formula is C13H11BrF2N2O. The highest BCUT2D eigenvalue weighted by molar-refractivity contribution is 9.10. The predicted octanol–water partition coefficient (Wildman–Crippen LogP) is 4.43. The quantitative estimate of drug-likeness (QED) is 0.781. The Hall–Kier alpha value is -1.56. The summed E-state index contributed by atoms with van der Waals surface area (Å²) in [6.45, 7) is 3.85. The molecular weight excluding hydrogens is 318 g/mol. The fraction of sp³-hybridized carbons (Fsp3) is 0.231. The SMILES string of the molecule is CC(C)c1nc(Br)cc(Oc2cccc(F)c2F)n1. The van der Waals surface area contributed by atoms with Gasteiger partial charge in [0.1, 0.15) is 10.4 Å². The third kappa shape index (κ3) is 3.26. The molecule has 0 aliphatic heterocycles. The van der Waals surface area contributed by atoms with Crippen molar-refractivity contribution in [1.82, 2.24) is 9.97 Å². The van der Waals surface area contributed by atoms with E-state index < -0.39 is 11.6 Å². The van der Waals surface area contributed by atoms with E-state index in [1.165, 1.54) is 18.2 Å². The first kappa shape index (κ1) is 13.9. The van der Waals surface area contributed by atoms with Gasteiger partial charge >= 0.3 is 0 Å². The molecule has 0 aliphatic carbocycles. The molecule has 0 N–H and O–H groups in total. The number of rotatable bonds is 3. The van der Waals surface area contributed by atoms with Crippen LogP contribution in [0, 0.1) is 11.6 Å². The van der Waals surface area contributed by atoms with Crippen LogP contribution in [0.1, 0.15) is 25.6 Å². The van der Waals surface area contributed by atoms with Gasteiger partial charge in [0, 0.05) is 12.0 Å². The van der Waals surface area contributed by atoms with Crippen molar-refractivity contribution in [1.29, 1.82) is 0 Å². The van der Waals surface area contributed by atoms with Gasteiger partial charge in [0.05, 0.1) is 0 Å². The van der Waals surface area contributed by atoms with E-state index in [0.717, 1.165) is 6.07 Å². The van der Waals surface area contributed by atoms with Gasteiger partial charge in [-0.05, 0) is 28.1 Å². The molecule has 6 heteroatoms. The topological polar surface area (TPSA) is 35.0 Å². The van der Waals surface area contributed by atoms with Crippen molar-refractivity contribution in [2.45, 2.75) is 19.8 Å². The van der Waals surface area contributed by atoms with Crippen molar-refractivity contribution in [3.63, 3.8) is 0 Å². The Bertz CT molecular complexity index is 605. The monoisotopic (exact) mass is 328 g/mol. The largest absolute Gasteiger partial charge is 0.436 e. The molecule has 0 radical (unpaired) electrons. The van der Waals surface area contributed by atoms with Gasteiger partial charge in [-0.2, -0.15) is 9.37 Å². The molecule has 1 aromatic carbocycles. The molecule has 1 heterocycles. The zero-order chi connectivity index (χ0) is 14.0. The Balaban J connectivity index is 2.35. The van der Waals surface area contributed by atoms with Gasteiger partial charge in [-0.1, -0.05) is 19.9 Å². The highest BCUT2D eigenvalue weighted by atomic mass is 79.9. The molecule has 0 fully saturated rings. The Morgan fingerprint density at radius 3 is 2.63 bits per heavy atom. The smallest absolute Gasteiger partial charge is 0.223 e. The molecule has 0 aliphatic rings. The highest BCUT2D eigenvalue weighted by Crippen LogP contribution is 2.27. The lowest BCUT2D eigenvalue weighted by atomic mass is 10.2. The number of ether oxygens (including phenoxy) is 1. The van der Waals surface area contributed by atoms with Crippen LogP contribution in [0.4, 0.5) is 8.78 Å². The average molecular weight is 329 g/mol. The number of nitrogens with zero attached hydrogens (tertiary/aromatic N) is 2. The van der Waals surface area contributed by atoms with E-state index in [9.17, 15) is 8.78 Å². The Kier molecular flexibility index (Phi) is 4.09. The lowest BCUT2D eigenvalue weighted by molar-refractivity contribution is 0.402. The van der Waals surface area contributed by atoms with Crippen molar-refractivity contribution in [2.75, 3.05) is 0 Å². The summed E-state index contributed by atoms with van der Waals surface area (Å²) in [5.74, 6) is -1.40. The number of aromatic nitrogens is 2. The third-order valence-corrected chi connectivity index (χ3v) is 2.74. The minimum Gasteiger partial charge on any atom is -0.436 e. The molecule has 1 aromatic heterocycles. The van der Waals surface area contributed by atoms with Crippen LogP contribution >= 0.6 is 15.9 Å². The average Bonchev–Trinajstić information content (AvgIpc) is 2.34. The summed E-state index contributed by atoms with van der Waals surface area (Å²) >= 11 is 3.23. The van der Waals surface area contributed by atoms with Gasteiger partial charge in [0.15, 0.2) is 11.6 Å². The molecule has 0 saturated heterocycles. The minimum atomic E-state index is -1.04.